The average molecular weight is 391 g/mol. The summed E-state index contributed by atoms with van der Waals surface area (Å²) in [5.41, 5.74) is -0.428. The van der Waals surface area contributed by atoms with Gasteiger partial charge in [-0.15, -0.1) is 0 Å². The molecule has 0 unspecified atom stereocenters. The summed E-state index contributed by atoms with van der Waals surface area (Å²) in [6.07, 6.45) is 1.49. The summed E-state index contributed by atoms with van der Waals surface area (Å²) in [6.45, 7) is 0. The number of benzene rings is 1. The molecule has 1 amide bonds. The van der Waals surface area contributed by atoms with E-state index in [4.69, 9.17) is 23.2 Å². The van der Waals surface area contributed by atoms with Gasteiger partial charge in [0, 0.05) is 18.3 Å². The van der Waals surface area contributed by atoms with Crippen LogP contribution < -0.4 is 5.32 Å². The highest BCUT2D eigenvalue weighted by Crippen LogP contribution is 2.31. The maximum atomic E-state index is 12.2. The molecule has 1 N–H and O–H groups in total. The molecule has 0 saturated carbocycles. The highest BCUT2D eigenvalue weighted by molar-refractivity contribution is 9.10. The van der Waals surface area contributed by atoms with Crippen molar-refractivity contribution in [3.05, 3.63) is 60.7 Å². The number of nitrogens with one attached hydrogen (secondary N) is 1. The Morgan fingerprint density at radius 3 is 2.71 bits per heavy atom. The number of halogens is 3. The largest absolute Gasteiger partial charge is 0.306 e. The summed E-state index contributed by atoms with van der Waals surface area (Å²) >= 11 is 14.9. The van der Waals surface area contributed by atoms with Crippen LogP contribution in [0.15, 0.2) is 34.9 Å². The van der Waals surface area contributed by atoms with Crippen LogP contribution in [0.5, 0.6) is 0 Å². The molecule has 0 bridgehead atoms. The van der Waals surface area contributed by atoms with Crippen molar-refractivity contribution < 1.29 is 9.72 Å². The zero-order chi connectivity index (χ0) is 15.6. The SMILES string of the molecule is O=C(Nc1ncccc1Br)c1cc([N+](=O)[O-])cc(Cl)c1Cl. The lowest BCUT2D eigenvalue weighted by atomic mass is 10.2. The number of hydrogen-bond acceptors (Lipinski definition) is 4. The Morgan fingerprint density at radius 1 is 1.38 bits per heavy atom. The van der Waals surface area contributed by atoms with Gasteiger partial charge in [-0.3, -0.25) is 14.9 Å². The van der Waals surface area contributed by atoms with Crippen LogP contribution in [0, 0.1) is 10.1 Å². The zero-order valence-electron chi connectivity index (χ0n) is 10.1. The molecule has 1 heterocycles. The van der Waals surface area contributed by atoms with Crippen molar-refractivity contribution in [2.45, 2.75) is 0 Å². The van der Waals surface area contributed by atoms with Gasteiger partial charge in [-0.05, 0) is 28.1 Å². The van der Waals surface area contributed by atoms with E-state index in [2.05, 4.69) is 26.2 Å². The summed E-state index contributed by atoms with van der Waals surface area (Å²) in [6, 6.07) is 5.50. The van der Waals surface area contributed by atoms with Crippen LogP contribution in [0.25, 0.3) is 0 Å². The van der Waals surface area contributed by atoms with Gasteiger partial charge in [0.2, 0.25) is 0 Å². The lowest BCUT2D eigenvalue weighted by Gasteiger charge is -2.08. The van der Waals surface area contributed by atoms with E-state index in [-0.39, 0.29) is 27.1 Å². The van der Waals surface area contributed by atoms with Crippen molar-refractivity contribution in [3.8, 4) is 0 Å². The van der Waals surface area contributed by atoms with E-state index < -0.39 is 10.8 Å². The van der Waals surface area contributed by atoms with E-state index >= 15 is 0 Å². The summed E-state index contributed by atoms with van der Waals surface area (Å²) in [5, 5.41) is 13.2. The number of nitro groups is 1. The molecule has 1 aromatic heterocycles. The molecule has 108 valence electrons. The van der Waals surface area contributed by atoms with Gasteiger partial charge in [-0.25, -0.2) is 4.98 Å². The van der Waals surface area contributed by atoms with Gasteiger partial charge in [-0.2, -0.15) is 0 Å². The minimum atomic E-state index is -0.657. The van der Waals surface area contributed by atoms with Crippen molar-refractivity contribution in [1.82, 2.24) is 4.98 Å². The third-order valence-corrected chi connectivity index (χ3v) is 3.90. The van der Waals surface area contributed by atoms with E-state index in [1.54, 1.807) is 12.1 Å². The molecular formula is C12H6BrCl2N3O3. The first kappa shape index (κ1) is 15.7. The van der Waals surface area contributed by atoms with Crippen molar-refractivity contribution >= 4 is 56.5 Å². The lowest BCUT2D eigenvalue weighted by Crippen LogP contribution is -2.14. The van der Waals surface area contributed by atoms with Crippen LogP contribution in [-0.2, 0) is 0 Å². The molecular weight excluding hydrogens is 385 g/mol. The predicted octanol–water partition coefficient (Wildman–Crippen LogP) is 4.31. The number of nitrogens with zero attached hydrogens (tertiary/aromatic N) is 2. The molecule has 0 atom stereocenters. The Kier molecular flexibility index (Phi) is 4.76. The van der Waals surface area contributed by atoms with E-state index in [1.807, 2.05) is 0 Å². The van der Waals surface area contributed by atoms with Gasteiger partial charge in [0.25, 0.3) is 11.6 Å². The number of carbonyl (C=O) groups excluding carboxylic acids is 1. The van der Waals surface area contributed by atoms with E-state index in [0.29, 0.717) is 4.47 Å². The maximum Gasteiger partial charge on any atom is 0.271 e. The number of amides is 1. The fourth-order valence-corrected chi connectivity index (χ4v) is 2.26. The second-order valence-electron chi connectivity index (χ2n) is 3.83. The quantitative estimate of drug-likeness (QED) is 0.624. The lowest BCUT2D eigenvalue weighted by molar-refractivity contribution is -0.384. The van der Waals surface area contributed by atoms with Gasteiger partial charge in [0.15, 0.2) is 0 Å². The Morgan fingerprint density at radius 2 is 2.10 bits per heavy atom. The standard InChI is InChI=1S/C12H6BrCl2N3O3/c13-8-2-1-3-16-11(8)17-12(19)7-4-6(18(20)21)5-9(14)10(7)15/h1-5H,(H,16,17,19). The fourth-order valence-electron chi connectivity index (χ4n) is 1.50. The smallest absolute Gasteiger partial charge is 0.271 e. The van der Waals surface area contributed by atoms with Crippen molar-refractivity contribution in [3.63, 3.8) is 0 Å². The normalized spacial score (nSPS) is 10.2. The molecule has 0 saturated heterocycles. The van der Waals surface area contributed by atoms with Gasteiger partial charge in [0.05, 0.1) is 25.0 Å². The summed E-state index contributed by atoms with van der Waals surface area (Å²) < 4.78 is 0.561. The summed E-state index contributed by atoms with van der Waals surface area (Å²) in [4.78, 5) is 26.3. The predicted molar refractivity (Wildman–Crippen MR) is 83.0 cm³/mol. The molecule has 9 heteroatoms. The molecule has 0 aliphatic heterocycles. The first-order chi connectivity index (χ1) is 9.90. The number of carbonyl (C=O) groups is 1. The summed E-state index contributed by atoms with van der Waals surface area (Å²) in [7, 11) is 0. The van der Waals surface area contributed by atoms with Crippen LogP contribution >= 0.6 is 39.1 Å². The molecule has 0 spiro atoms. The second kappa shape index (κ2) is 6.38. The Bertz CT molecular complexity index is 740. The highest BCUT2D eigenvalue weighted by atomic mass is 79.9. The van der Waals surface area contributed by atoms with Crippen LogP contribution in [0.3, 0.4) is 0 Å². The van der Waals surface area contributed by atoms with E-state index in [1.165, 1.54) is 6.20 Å². The molecule has 6 nitrogen and oxygen atoms in total. The topological polar surface area (TPSA) is 85.1 Å². The van der Waals surface area contributed by atoms with Crippen molar-refractivity contribution in [2.75, 3.05) is 5.32 Å². The van der Waals surface area contributed by atoms with Gasteiger partial charge in [0.1, 0.15) is 5.82 Å². The van der Waals surface area contributed by atoms with Gasteiger partial charge >= 0.3 is 0 Å². The minimum Gasteiger partial charge on any atom is -0.306 e. The number of pyridine rings is 1. The molecule has 0 aliphatic rings. The molecule has 0 aliphatic carbocycles. The van der Waals surface area contributed by atoms with Crippen molar-refractivity contribution in [1.29, 1.82) is 0 Å². The molecule has 1 aromatic carbocycles. The van der Waals surface area contributed by atoms with E-state index in [9.17, 15) is 14.9 Å². The van der Waals surface area contributed by atoms with Crippen LogP contribution in [0.1, 0.15) is 10.4 Å². The number of hydrogen-bond donors (Lipinski definition) is 1. The molecule has 0 fully saturated rings. The van der Waals surface area contributed by atoms with Gasteiger partial charge < -0.3 is 5.32 Å². The first-order valence-corrected chi connectivity index (χ1v) is 7.00. The Hall–Kier alpha value is -1.70. The summed E-state index contributed by atoms with van der Waals surface area (Å²) in [5.74, 6) is -0.383. The minimum absolute atomic E-state index is 0.0631. The number of anilines is 1. The Labute approximate surface area is 137 Å². The monoisotopic (exact) mass is 389 g/mol. The van der Waals surface area contributed by atoms with Crippen LogP contribution in [0.2, 0.25) is 10.0 Å². The molecule has 21 heavy (non-hydrogen) atoms. The number of rotatable bonds is 3. The third kappa shape index (κ3) is 3.49. The molecule has 0 radical (unpaired) electrons. The zero-order valence-corrected chi connectivity index (χ0v) is 13.2. The number of non-ortho nitro benzene ring substituents is 1. The van der Waals surface area contributed by atoms with Crippen LogP contribution in [0.4, 0.5) is 11.5 Å². The third-order valence-electron chi connectivity index (χ3n) is 2.46. The van der Waals surface area contributed by atoms with Crippen LogP contribution in [-0.4, -0.2) is 15.8 Å². The number of nitro benzene ring substituents is 1. The van der Waals surface area contributed by atoms with Crippen molar-refractivity contribution in [2.24, 2.45) is 0 Å². The number of aromatic nitrogens is 1. The maximum absolute atomic E-state index is 12.2. The average Bonchev–Trinajstić information content (AvgIpc) is 2.43. The highest BCUT2D eigenvalue weighted by Gasteiger charge is 2.20. The first-order valence-electron chi connectivity index (χ1n) is 5.45. The Balaban J connectivity index is 2.39. The molecule has 2 aromatic rings. The fraction of sp³-hybridized carbons (Fsp3) is 0. The van der Waals surface area contributed by atoms with E-state index in [0.717, 1.165) is 12.1 Å². The molecule has 2 rings (SSSR count). The van der Waals surface area contributed by atoms with Gasteiger partial charge in [-0.1, -0.05) is 23.2 Å². The second-order valence-corrected chi connectivity index (χ2v) is 5.47.